The van der Waals surface area contributed by atoms with Crippen LogP contribution < -0.4 is 16.2 Å². The van der Waals surface area contributed by atoms with E-state index in [9.17, 15) is 25.0 Å². The van der Waals surface area contributed by atoms with Crippen molar-refractivity contribution in [2.75, 3.05) is 10.7 Å². The first-order valence-corrected chi connectivity index (χ1v) is 9.05. The summed E-state index contributed by atoms with van der Waals surface area (Å²) in [6.07, 6.45) is 1.96. The zero-order valence-corrected chi connectivity index (χ0v) is 16.2. The highest BCUT2D eigenvalue weighted by molar-refractivity contribution is 5.95. The number of carbonyl (C=O) groups excluding carboxylic acids is 1. The van der Waals surface area contributed by atoms with Crippen LogP contribution in [0.25, 0.3) is 0 Å². The first-order valence-electron chi connectivity index (χ1n) is 9.05. The summed E-state index contributed by atoms with van der Waals surface area (Å²) in [7, 11) is 0. The molecule has 12 nitrogen and oxygen atoms in total. The van der Waals surface area contributed by atoms with Crippen molar-refractivity contribution in [1.82, 2.24) is 15.4 Å². The average molecular weight is 423 g/mol. The van der Waals surface area contributed by atoms with Gasteiger partial charge in [-0.1, -0.05) is 19.1 Å². The molecule has 0 fully saturated rings. The van der Waals surface area contributed by atoms with Crippen molar-refractivity contribution in [3.63, 3.8) is 0 Å². The molecule has 31 heavy (non-hydrogen) atoms. The third kappa shape index (κ3) is 5.06. The molecule has 158 valence electrons. The second kappa shape index (κ2) is 9.26. The van der Waals surface area contributed by atoms with Crippen LogP contribution in [0.5, 0.6) is 0 Å². The normalized spacial score (nSPS) is 10.2. The molecule has 0 atom stereocenters. The Bertz CT molecular complexity index is 1120. The van der Waals surface area contributed by atoms with Crippen LogP contribution >= 0.6 is 0 Å². The van der Waals surface area contributed by atoms with Crippen LogP contribution in [-0.2, 0) is 6.42 Å². The summed E-state index contributed by atoms with van der Waals surface area (Å²) in [5.74, 6) is -0.952. The van der Waals surface area contributed by atoms with E-state index >= 15 is 0 Å². The average Bonchev–Trinajstić information content (AvgIpc) is 2.77. The van der Waals surface area contributed by atoms with E-state index in [4.69, 9.17) is 0 Å². The highest BCUT2D eigenvalue weighted by atomic mass is 16.6. The van der Waals surface area contributed by atoms with Crippen LogP contribution in [0, 0.1) is 20.2 Å². The number of non-ortho nitro benzene ring substituents is 1. The van der Waals surface area contributed by atoms with Gasteiger partial charge in [-0.25, -0.2) is 9.97 Å². The smallest absolute Gasteiger partial charge is 0.334 e. The Morgan fingerprint density at radius 3 is 2.16 bits per heavy atom. The summed E-state index contributed by atoms with van der Waals surface area (Å²) in [6.45, 7) is 2.01. The number of nitro groups is 2. The number of nitrogens with one attached hydrogen (secondary N) is 3. The summed E-state index contributed by atoms with van der Waals surface area (Å²) in [5, 5.41) is 25.2. The topological polar surface area (TPSA) is 165 Å². The lowest BCUT2D eigenvalue weighted by Crippen LogP contribution is -2.30. The number of nitro benzene ring substituents is 1. The molecule has 0 unspecified atom stereocenters. The molecule has 3 aromatic rings. The molecule has 3 rings (SSSR count). The van der Waals surface area contributed by atoms with Crippen molar-refractivity contribution < 1.29 is 14.6 Å². The van der Waals surface area contributed by atoms with E-state index in [-0.39, 0.29) is 22.9 Å². The van der Waals surface area contributed by atoms with E-state index in [1.54, 1.807) is 12.1 Å². The van der Waals surface area contributed by atoms with Crippen LogP contribution in [0.4, 0.5) is 28.7 Å². The van der Waals surface area contributed by atoms with Gasteiger partial charge in [-0.05, 0) is 36.2 Å². The molecular weight excluding hydrogens is 406 g/mol. The SMILES string of the molecule is CCc1ccc(Nc2ncnc(NNC(=O)c3ccc([N+](=O)[O-])cc3)c2[N+](=O)[O-])cc1. The van der Waals surface area contributed by atoms with Gasteiger partial charge in [-0.3, -0.25) is 35.9 Å². The molecule has 12 heteroatoms. The van der Waals surface area contributed by atoms with Gasteiger partial charge in [-0.15, -0.1) is 0 Å². The second-order valence-corrected chi connectivity index (χ2v) is 6.24. The fourth-order valence-electron chi connectivity index (χ4n) is 2.62. The van der Waals surface area contributed by atoms with Crippen LogP contribution in [-0.4, -0.2) is 25.7 Å². The van der Waals surface area contributed by atoms with Gasteiger partial charge in [0.25, 0.3) is 11.6 Å². The fraction of sp³-hybridized carbons (Fsp3) is 0.105. The molecule has 0 aliphatic rings. The molecule has 0 spiro atoms. The van der Waals surface area contributed by atoms with Gasteiger partial charge in [0.2, 0.25) is 11.6 Å². The second-order valence-electron chi connectivity index (χ2n) is 6.24. The number of amides is 1. The number of nitrogens with zero attached hydrogens (tertiary/aromatic N) is 4. The molecule has 0 saturated heterocycles. The minimum Gasteiger partial charge on any atom is -0.334 e. The van der Waals surface area contributed by atoms with Crippen molar-refractivity contribution in [1.29, 1.82) is 0 Å². The number of anilines is 3. The van der Waals surface area contributed by atoms with Crippen molar-refractivity contribution in [2.24, 2.45) is 0 Å². The molecule has 0 bridgehead atoms. The van der Waals surface area contributed by atoms with Crippen LogP contribution in [0.1, 0.15) is 22.8 Å². The third-order valence-electron chi connectivity index (χ3n) is 4.26. The predicted molar refractivity (Wildman–Crippen MR) is 112 cm³/mol. The lowest BCUT2D eigenvalue weighted by atomic mass is 10.1. The minimum absolute atomic E-state index is 0.0590. The first kappa shape index (κ1) is 21.1. The number of aryl methyl sites for hydroxylation is 1. The van der Waals surface area contributed by atoms with E-state index in [1.807, 2.05) is 19.1 Å². The predicted octanol–water partition coefficient (Wildman–Crippen LogP) is 3.36. The molecule has 1 amide bonds. The molecule has 0 saturated carbocycles. The quantitative estimate of drug-likeness (QED) is 0.364. The third-order valence-corrected chi connectivity index (χ3v) is 4.26. The Morgan fingerprint density at radius 2 is 1.58 bits per heavy atom. The van der Waals surface area contributed by atoms with Crippen molar-refractivity contribution >= 4 is 34.6 Å². The van der Waals surface area contributed by atoms with Crippen molar-refractivity contribution in [2.45, 2.75) is 13.3 Å². The van der Waals surface area contributed by atoms with E-state index in [2.05, 4.69) is 26.1 Å². The maximum atomic E-state index is 12.2. The van der Waals surface area contributed by atoms with Gasteiger partial charge < -0.3 is 5.32 Å². The van der Waals surface area contributed by atoms with Crippen molar-refractivity contribution in [3.8, 4) is 0 Å². The largest absolute Gasteiger partial charge is 0.355 e. The maximum absolute atomic E-state index is 12.2. The Labute approximate surface area is 175 Å². The number of rotatable bonds is 8. The summed E-state index contributed by atoms with van der Waals surface area (Å²) in [5.41, 5.74) is 5.88. The number of hydrogen-bond acceptors (Lipinski definition) is 9. The standard InChI is InChI=1S/C19H17N7O5/c1-2-12-3-7-14(8-4-12)22-17-16(26(30)31)18(21-11-20-17)23-24-19(27)13-5-9-15(10-6-13)25(28)29/h3-11H,2H2,1H3,(H,24,27)(H2,20,21,22,23). The first-order chi connectivity index (χ1) is 14.9. The number of carbonyl (C=O) groups is 1. The molecule has 3 N–H and O–H groups in total. The Morgan fingerprint density at radius 1 is 0.935 bits per heavy atom. The highest BCUT2D eigenvalue weighted by Gasteiger charge is 2.24. The summed E-state index contributed by atoms with van der Waals surface area (Å²) < 4.78 is 0. The van der Waals surface area contributed by atoms with Gasteiger partial charge in [0, 0.05) is 23.4 Å². The molecular formula is C19H17N7O5. The fourth-order valence-corrected chi connectivity index (χ4v) is 2.62. The monoisotopic (exact) mass is 423 g/mol. The number of hydrazine groups is 1. The van der Waals surface area contributed by atoms with Crippen LogP contribution in [0.2, 0.25) is 0 Å². The Hall–Kier alpha value is -4.61. The molecule has 1 aromatic heterocycles. The summed E-state index contributed by atoms with van der Waals surface area (Å²) in [4.78, 5) is 41.0. The Kier molecular flexibility index (Phi) is 6.30. The highest BCUT2D eigenvalue weighted by Crippen LogP contribution is 2.30. The molecule has 0 aliphatic carbocycles. The van der Waals surface area contributed by atoms with Gasteiger partial charge in [0.1, 0.15) is 6.33 Å². The zero-order valence-electron chi connectivity index (χ0n) is 16.2. The van der Waals surface area contributed by atoms with E-state index < -0.39 is 21.4 Å². The van der Waals surface area contributed by atoms with Crippen LogP contribution in [0.15, 0.2) is 54.9 Å². The van der Waals surface area contributed by atoms with Gasteiger partial charge in [0.15, 0.2) is 0 Å². The Balaban J connectivity index is 1.77. The van der Waals surface area contributed by atoms with Crippen molar-refractivity contribution in [3.05, 3.63) is 86.2 Å². The van der Waals surface area contributed by atoms with Gasteiger partial charge in [-0.2, -0.15) is 0 Å². The number of benzene rings is 2. The number of hydrogen-bond donors (Lipinski definition) is 3. The van der Waals surface area contributed by atoms with Crippen LogP contribution in [0.3, 0.4) is 0 Å². The number of aromatic nitrogens is 2. The van der Waals surface area contributed by atoms with E-state index in [0.29, 0.717) is 5.69 Å². The van der Waals surface area contributed by atoms with E-state index in [0.717, 1.165) is 18.3 Å². The maximum Gasteiger partial charge on any atom is 0.355 e. The molecule has 0 aliphatic heterocycles. The minimum atomic E-state index is -0.677. The lowest BCUT2D eigenvalue weighted by Gasteiger charge is -2.11. The molecule has 1 heterocycles. The lowest BCUT2D eigenvalue weighted by molar-refractivity contribution is -0.384. The summed E-state index contributed by atoms with van der Waals surface area (Å²) >= 11 is 0. The van der Waals surface area contributed by atoms with E-state index in [1.165, 1.54) is 24.3 Å². The molecule has 2 aromatic carbocycles. The van der Waals surface area contributed by atoms with Gasteiger partial charge >= 0.3 is 5.69 Å². The molecule has 0 radical (unpaired) electrons. The summed E-state index contributed by atoms with van der Waals surface area (Å²) in [6, 6.07) is 12.2. The zero-order chi connectivity index (χ0) is 22.4. The van der Waals surface area contributed by atoms with Gasteiger partial charge in [0.05, 0.1) is 9.85 Å².